The Morgan fingerprint density at radius 3 is 2.46 bits per heavy atom. The van der Waals surface area contributed by atoms with Crippen LogP contribution in [-0.2, 0) is 11.3 Å². The highest BCUT2D eigenvalue weighted by Gasteiger charge is 2.12. The molecule has 3 nitrogen and oxygen atoms in total. The lowest BCUT2D eigenvalue weighted by atomic mass is 10.1. The number of hydrogen-bond donors (Lipinski definition) is 0. The van der Waals surface area contributed by atoms with E-state index in [0.717, 1.165) is 21.7 Å². The molecule has 0 saturated heterocycles. The summed E-state index contributed by atoms with van der Waals surface area (Å²) >= 11 is 1.58. The fourth-order valence-corrected chi connectivity index (χ4v) is 3.05. The maximum absolute atomic E-state index is 12.3. The zero-order chi connectivity index (χ0) is 16.8. The van der Waals surface area contributed by atoms with Crippen molar-refractivity contribution in [2.75, 3.05) is 0 Å². The van der Waals surface area contributed by atoms with Crippen molar-refractivity contribution < 1.29 is 9.63 Å². The lowest BCUT2D eigenvalue weighted by Crippen LogP contribution is -2.09. The van der Waals surface area contributed by atoms with Crippen LogP contribution < -0.4 is 0 Å². The van der Waals surface area contributed by atoms with Crippen molar-refractivity contribution in [2.24, 2.45) is 5.16 Å². The molecule has 1 aromatic heterocycles. The zero-order valence-corrected chi connectivity index (χ0v) is 14.1. The molecule has 0 unspecified atom stereocenters. The largest absolute Gasteiger partial charge is 0.366 e. The predicted molar refractivity (Wildman–Crippen MR) is 97.6 cm³/mol. The molecule has 120 valence electrons. The van der Waals surface area contributed by atoms with E-state index in [1.165, 1.54) is 0 Å². The Kier molecular flexibility index (Phi) is 5.18. The van der Waals surface area contributed by atoms with Crippen LogP contribution in [0.25, 0.3) is 0 Å². The molecule has 3 rings (SSSR count). The van der Waals surface area contributed by atoms with E-state index in [2.05, 4.69) is 5.16 Å². The lowest BCUT2D eigenvalue weighted by molar-refractivity contribution is 0.0515. The van der Waals surface area contributed by atoms with Crippen LogP contribution in [0.3, 0.4) is 0 Å². The Balaban J connectivity index is 1.82. The van der Waals surface area contributed by atoms with Crippen LogP contribution in [0, 0.1) is 6.92 Å². The summed E-state index contributed by atoms with van der Waals surface area (Å²) in [5, 5.41) is 6.14. The smallest absolute Gasteiger partial charge is 0.312 e. The molecule has 0 aliphatic carbocycles. The average molecular weight is 335 g/mol. The van der Waals surface area contributed by atoms with E-state index in [4.69, 9.17) is 4.84 Å². The molecule has 4 heteroatoms. The molecule has 0 fully saturated rings. The number of carbonyl (C=O) groups excluding carboxylic acids is 1. The van der Waals surface area contributed by atoms with Crippen LogP contribution in [0.1, 0.15) is 26.4 Å². The van der Waals surface area contributed by atoms with Gasteiger partial charge < -0.3 is 4.84 Å². The Morgan fingerprint density at radius 1 is 1.00 bits per heavy atom. The Bertz CT molecular complexity index is 839. The second-order valence-electron chi connectivity index (χ2n) is 5.37. The maximum atomic E-state index is 12.3. The van der Waals surface area contributed by atoms with Gasteiger partial charge in [0.25, 0.3) is 0 Å². The number of benzene rings is 2. The van der Waals surface area contributed by atoms with Crippen molar-refractivity contribution in [3.05, 3.63) is 93.7 Å². The topological polar surface area (TPSA) is 38.7 Å². The predicted octanol–water partition coefficient (Wildman–Crippen LogP) is 4.86. The summed E-state index contributed by atoms with van der Waals surface area (Å²) in [7, 11) is 0. The van der Waals surface area contributed by atoms with Crippen molar-refractivity contribution in [3.8, 4) is 0 Å². The monoisotopic (exact) mass is 335 g/mol. The third kappa shape index (κ3) is 3.97. The van der Waals surface area contributed by atoms with Gasteiger partial charge in [-0.15, -0.1) is 11.3 Å². The van der Waals surface area contributed by atoms with Crippen molar-refractivity contribution in [1.82, 2.24) is 0 Å². The molecule has 0 radical (unpaired) electrons. The molecule has 0 amide bonds. The highest BCUT2D eigenvalue weighted by Crippen LogP contribution is 2.15. The van der Waals surface area contributed by atoms with Gasteiger partial charge >= 0.3 is 5.97 Å². The fourth-order valence-electron chi connectivity index (χ4n) is 2.34. The minimum atomic E-state index is -0.435. The van der Waals surface area contributed by atoms with Gasteiger partial charge in [0.05, 0.1) is 10.4 Å². The molecule has 0 atom stereocenters. The van der Waals surface area contributed by atoms with Gasteiger partial charge in [-0.3, -0.25) is 0 Å². The zero-order valence-electron chi connectivity index (χ0n) is 13.3. The first-order valence-electron chi connectivity index (χ1n) is 7.65. The van der Waals surface area contributed by atoms with E-state index in [1.807, 2.05) is 73.0 Å². The molecule has 1 heterocycles. The summed E-state index contributed by atoms with van der Waals surface area (Å²) in [6.07, 6.45) is 0.613. The quantitative estimate of drug-likeness (QED) is 0.379. The van der Waals surface area contributed by atoms with Crippen LogP contribution in [0.15, 0.2) is 77.3 Å². The normalized spacial score (nSPS) is 11.3. The van der Waals surface area contributed by atoms with Crippen LogP contribution in [0.5, 0.6) is 0 Å². The number of oxime groups is 1. The van der Waals surface area contributed by atoms with E-state index < -0.39 is 5.97 Å². The molecular weight excluding hydrogens is 318 g/mol. The average Bonchev–Trinajstić information content (AvgIpc) is 3.14. The van der Waals surface area contributed by atoms with Crippen LogP contribution in [-0.4, -0.2) is 11.7 Å². The number of aryl methyl sites for hydroxylation is 1. The fraction of sp³-hybridized carbons (Fsp3) is 0.100. The Labute approximate surface area is 145 Å². The minimum absolute atomic E-state index is 0.435. The van der Waals surface area contributed by atoms with Crippen LogP contribution in [0.2, 0.25) is 0 Å². The number of hydrogen-bond acceptors (Lipinski definition) is 4. The minimum Gasteiger partial charge on any atom is -0.312 e. The van der Waals surface area contributed by atoms with Crippen molar-refractivity contribution in [2.45, 2.75) is 13.3 Å². The van der Waals surface area contributed by atoms with Gasteiger partial charge in [0.1, 0.15) is 5.71 Å². The van der Waals surface area contributed by atoms with Gasteiger partial charge in [0.15, 0.2) is 0 Å². The van der Waals surface area contributed by atoms with Crippen molar-refractivity contribution in [1.29, 1.82) is 0 Å². The van der Waals surface area contributed by atoms with Gasteiger partial charge in [-0.1, -0.05) is 59.8 Å². The van der Waals surface area contributed by atoms with Gasteiger partial charge in [-0.25, -0.2) is 4.79 Å². The highest BCUT2D eigenvalue weighted by molar-refractivity contribution is 7.12. The molecule has 3 aromatic rings. The van der Waals surface area contributed by atoms with E-state index in [1.54, 1.807) is 17.4 Å². The highest BCUT2D eigenvalue weighted by atomic mass is 32.1. The number of carbonyl (C=O) groups is 1. The summed E-state index contributed by atoms with van der Waals surface area (Å²) in [4.78, 5) is 18.5. The lowest BCUT2D eigenvalue weighted by Gasteiger charge is -2.06. The summed E-state index contributed by atoms with van der Waals surface area (Å²) < 4.78 is 0. The van der Waals surface area contributed by atoms with Gasteiger partial charge in [-0.2, -0.15) is 0 Å². The second-order valence-corrected chi connectivity index (χ2v) is 6.32. The molecule has 2 aromatic carbocycles. The molecule has 24 heavy (non-hydrogen) atoms. The molecule has 0 N–H and O–H groups in total. The number of nitrogens with zero attached hydrogens (tertiary/aromatic N) is 1. The molecule has 0 spiro atoms. The Hall–Kier alpha value is -2.72. The summed E-state index contributed by atoms with van der Waals surface area (Å²) in [5.41, 5.74) is 3.28. The second kappa shape index (κ2) is 7.70. The van der Waals surface area contributed by atoms with Crippen LogP contribution in [0.4, 0.5) is 0 Å². The van der Waals surface area contributed by atoms with Gasteiger partial charge in [-0.05, 0) is 35.6 Å². The van der Waals surface area contributed by atoms with E-state index >= 15 is 0 Å². The number of rotatable bonds is 5. The maximum Gasteiger partial charge on any atom is 0.366 e. The first-order chi connectivity index (χ1) is 11.7. The summed E-state index contributed by atoms with van der Waals surface area (Å²) in [5.74, 6) is -0.435. The summed E-state index contributed by atoms with van der Waals surface area (Å²) in [6, 6.07) is 21.3. The molecule has 0 aliphatic heterocycles. The molecule has 0 saturated carbocycles. The summed E-state index contributed by atoms with van der Waals surface area (Å²) in [6.45, 7) is 1.88. The number of thiophene rings is 1. The van der Waals surface area contributed by atoms with Gasteiger partial charge in [0.2, 0.25) is 0 Å². The van der Waals surface area contributed by atoms with E-state index in [0.29, 0.717) is 12.0 Å². The SMILES string of the molecule is Cc1ccccc1C(=O)O/N=C(\Cc1ccccc1)c1cccs1. The third-order valence-corrected chi connectivity index (χ3v) is 4.54. The van der Waals surface area contributed by atoms with E-state index in [9.17, 15) is 4.79 Å². The standard InChI is InChI=1S/C20H17NO2S/c1-15-8-5-6-11-17(15)20(22)23-21-18(19-12-7-13-24-19)14-16-9-3-2-4-10-16/h2-13H,14H2,1H3/b21-18+. The van der Waals surface area contributed by atoms with Crippen molar-refractivity contribution >= 4 is 23.0 Å². The van der Waals surface area contributed by atoms with Crippen LogP contribution >= 0.6 is 11.3 Å². The van der Waals surface area contributed by atoms with Crippen molar-refractivity contribution in [3.63, 3.8) is 0 Å². The first-order valence-corrected chi connectivity index (χ1v) is 8.53. The first kappa shape index (κ1) is 16.1. The Morgan fingerprint density at radius 2 is 1.75 bits per heavy atom. The molecule has 0 bridgehead atoms. The third-order valence-electron chi connectivity index (χ3n) is 3.62. The molecular formula is C20H17NO2S. The van der Waals surface area contributed by atoms with E-state index in [-0.39, 0.29) is 0 Å². The molecule has 0 aliphatic rings. The van der Waals surface area contributed by atoms with Gasteiger partial charge in [0, 0.05) is 6.42 Å².